The Morgan fingerprint density at radius 3 is 0.776 bits per heavy atom. The standard InChI is InChI=1S/C79H154O17P2/c1-8-11-12-43-53-60-76(81)89-66-74(96-79(84)63-56-49-42-41-44-50-57-70(4)5)68-93-97(85,86)91-64-73(80)65-92-98(87,88)94-69-75(95-78(83)62-55-48-40-36-32-28-24-20-16-14-18-22-26-30-34-38-46-52-59-72(7)10-3)67-90-77(82)61-54-47-39-35-31-27-23-19-15-13-17-21-25-29-33-37-45-51-58-71(6)9-2/h70-75,80H,8-69H2,1-7H3,(H,85,86)(H,87,88)/t71?,72?,73-,74+,75+/m0/s1. The molecule has 0 fully saturated rings. The molecule has 0 radical (unpaired) electrons. The summed E-state index contributed by atoms with van der Waals surface area (Å²) in [6.07, 6.45) is 57.7. The molecule has 98 heavy (non-hydrogen) atoms. The molecule has 0 saturated heterocycles. The van der Waals surface area contributed by atoms with Crippen molar-refractivity contribution in [2.24, 2.45) is 17.8 Å². The molecular weight excluding hydrogens is 1280 g/mol. The van der Waals surface area contributed by atoms with E-state index in [1.54, 1.807) is 0 Å². The third-order valence-corrected chi connectivity index (χ3v) is 21.0. The molecule has 0 aromatic heterocycles. The molecule has 0 spiro atoms. The van der Waals surface area contributed by atoms with E-state index in [2.05, 4.69) is 48.5 Å². The number of unbranched alkanes of at least 4 members (excludes halogenated alkanes) is 43. The van der Waals surface area contributed by atoms with Crippen molar-refractivity contribution in [3.8, 4) is 0 Å². The minimum Gasteiger partial charge on any atom is -0.462 e. The first kappa shape index (κ1) is 96.1. The van der Waals surface area contributed by atoms with E-state index < -0.39 is 97.5 Å². The van der Waals surface area contributed by atoms with Crippen molar-refractivity contribution in [1.29, 1.82) is 0 Å². The Hall–Kier alpha value is -1.94. The lowest BCUT2D eigenvalue weighted by atomic mass is 9.99. The summed E-state index contributed by atoms with van der Waals surface area (Å²) in [5.41, 5.74) is 0. The van der Waals surface area contributed by atoms with Gasteiger partial charge in [-0.15, -0.1) is 0 Å². The third kappa shape index (κ3) is 69.8. The Labute approximate surface area is 600 Å². The highest BCUT2D eigenvalue weighted by molar-refractivity contribution is 7.47. The highest BCUT2D eigenvalue weighted by Gasteiger charge is 2.30. The molecule has 0 amide bonds. The molecule has 19 heteroatoms. The smallest absolute Gasteiger partial charge is 0.462 e. The van der Waals surface area contributed by atoms with E-state index in [4.69, 9.17) is 37.0 Å². The van der Waals surface area contributed by atoms with Crippen molar-refractivity contribution < 1.29 is 80.2 Å². The summed E-state index contributed by atoms with van der Waals surface area (Å²) < 4.78 is 68.3. The maximum atomic E-state index is 13.1. The fourth-order valence-corrected chi connectivity index (χ4v) is 13.6. The van der Waals surface area contributed by atoms with Gasteiger partial charge in [0, 0.05) is 25.7 Å². The summed E-state index contributed by atoms with van der Waals surface area (Å²) in [5, 5.41) is 10.6. The molecule has 3 N–H and O–H groups in total. The van der Waals surface area contributed by atoms with Crippen LogP contribution in [0, 0.1) is 17.8 Å². The van der Waals surface area contributed by atoms with Crippen LogP contribution in [0.25, 0.3) is 0 Å². The zero-order chi connectivity index (χ0) is 72.3. The Balaban J connectivity index is 5.07. The van der Waals surface area contributed by atoms with Crippen LogP contribution in [0.3, 0.4) is 0 Å². The van der Waals surface area contributed by atoms with Crippen molar-refractivity contribution in [2.75, 3.05) is 39.6 Å². The molecule has 0 aliphatic rings. The number of carbonyl (C=O) groups is 4. The minimum absolute atomic E-state index is 0.101. The van der Waals surface area contributed by atoms with Crippen LogP contribution in [0.2, 0.25) is 0 Å². The van der Waals surface area contributed by atoms with Crippen LogP contribution in [-0.2, 0) is 65.4 Å². The molecule has 7 atom stereocenters. The van der Waals surface area contributed by atoms with E-state index in [1.807, 2.05) is 0 Å². The molecule has 0 aliphatic heterocycles. The number of hydrogen-bond donors (Lipinski definition) is 3. The molecule has 0 rings (SSSR count). The average Bonchev–Trinajstić information content (AvgIpc) is 1.39. The van der Waals surface area contributed by atoms with Gasteiger partial charge in [-0.1, -0.05) is 357 Å². The van der Waals surface area contributed by atoms with Gasteiger partial charge in [0.1, 0.15) is 19.3 Å². The fourth-order valence-electron chi connectivity index (χ4n) is 12.1. The number of esters is 4. The summed E-state index contributed by atoms with van der Waals surface area (Å²) >= 11 is 0. The van der Waals surface area contributed by atoms with Crippen LogP contribution in [0.15, 0.2) is 0 Å². The SMILES string of the molecule is CCCCCCCC(=O)OC[C@H](COP(=O)(O)OC[C@H](O)COP(=O)(O)OC[C@@H](COC(=O)CCCCCCCCCCCCCCCCCCCCC(C)CC)OC(=O)CCCCCCCCCCCCCCCCCCCCC(C)CC)OC(=O)CCCCCCCCC(C)C. The lowest BCUT2D eigenvalue weighted by Crippen LogP contribution is -2.30. The van der Waals surface area contributed by atoms with Crippen molar-refractivity contribution >= 4 is 39.5 Å². The second kappa shape index (κ2) is 69.4. The first-order valence-corrected chi connectivity index (χ1v) is 43.9. The molecule has 0 heterocycles. The molecule has 4 unspecified atom stereocenters. The van der Waals surface area contributed by atoms with Crippen LogP contribution < -0.4 is 0 Å². The van der Waals surface area contributed by atoms with E-state index in [9.17, 15) is 43.2 Å². The molecule has 0 aliphatic carbocycles. The predicted molar refractivity (Wildman–Crippen MR) is 400 cm³/mol. The van der Waals surface area contributed by atoms with Gasteiger partial charge in [-0.2, -0.15) is 0 Å². The first-order chi connectivity index (χ1) is 47.3. The number of phosphoric ester groups is 2. The second-order valence-corrected chi connectivity index (χ2v) is 32.3. The van der Waals surface area contributed by atoms with E-state index in [0.29, 0.717) is 31.6 Å². The molecule has 0 aromatic rings. The van der Waals surface area contributed by atoms with E-state index in [1.165, 1.54) is 212 Å². The monoisotopic (exact) mass is 1440 g/mol. The van der Waals surface area contributed by atoms with Crippen LogP contribution >= 0.6 is 15.6 Å². The van der Waals surface area contributed by atoms with E-state index in [0.717, 1.165) is 108 Å². The van der Waals surface area contributed by atoms with Gasteiger partial charge in [0.15, 0.2) is 12.2 Å². The highest BCUT2D eigenvalue weighted by Crippen LogP contribution is 2.45. The number of ether oxygens (including phenoxy) is 4. The number of rotatable bonds is 77. The Bertz CT molecular complexity index is 1910. The highest BCUT2D eigenvalue weighted by atomic mass is 31.2. The number of aliphatic hydroxyl groups excluding tert-OH is 1. The average molecular weight is 1440 g/mol. The lowest BCUT2D eigenvalue weighted by molar-refractivity contribution is -0.161. The molecule has 582 valence electrons. The summed E-state index contributed by atoms with van der Waals surface area (Å²) in [7, 11) is -9.90. The van der Waals surface area contributed by atoms with Crippen molar-refractivity contribution in [2.45, 2.75) is 426 Å². The second-order valence-electron chi connectivity index (χ2n) is 29.4. The Morgan fingerprint density at radius 2 is 0.520 bits per heavy atom. The van der Waals surface area contributed by atoms with Crippen LogP contribution in [0.5, 0.6) is 0 Å². The van der Waals surface area contributed by atoms with Crippen LogP contribution in [0.1, 0.15) is 408 Å². The number of aliphatic hydroxyl groups is 1. The van der Waals surface area contributed by atoms with Gasteiger partial charge >= 0.3 is 39.5 Å². The van der Waals surface area contributed by atoms with Gasteiger partial charge in [0.25, 0.3) is 0 Å². The molecule has 0 aromatic carbocycles. The van der Waals surface area contributed by atoms with Crippen LogP contribution in [-0.4, -0.2) is 96.7 Å². The molecular formula is C79H154O17P2. The Morgan fingerprint density at radius 1 is 0.296 bits per heavy atom. The quantitative estimate of drug-likeness (QED) is 0.0222. The largest absolute Gasteiger partial charge is 0.472 e. The van der Waals surface area contributed by atoms with Gasteiger partial charge in [0.2, 0.25) is 0 Å². The summed E-state index contributed by atoms with van der Waals surface area (Å²) in [6.45, 7) is 11.9. The topological polar surface area (TPSA) is 237 Å². The summed E-state index contributed by atoms with van der Waals surface area (Å²) in [5.74, 6) is 0.282. The number of phosphoric acid groups is 2. The predicted octanol–water partition coefficient (Wildman–Crippen LogP) is 23.4. The lowest BCUT2D eigenvalue weighted by Gasteiger charge is -2.21. The molecule has 17 nitrogen and oxygen atoms in total. The molecule has 0 bridgehead atoms. The zero-order valence-corrected chi connectivity index (χ0v) is 66.0. The van der Waals surface area contributed by atoms with Crippen LogP contribution in [0.4, 0.5) is 0 Å². The van der Waals surface area contributed by atoms with Gasteiger partial charge < -0.3 is 33.8 Å². The summed E-state index contributed by atoms with van der Waals surface area (Å²) in [6, 6.07) is 0. The maximum absolute atomic E-state index is 13.1. The van der Waals surface area contributed by atoms with E-state index >= 15 is 0 Å². The van der Waals surface area contributed by atoms with Crippen molar-refractivity contribution in [3.63, 3.8) is 0 Å². The van der Waals surface area contributed by atoms with Crippen molar-refractivity contribution in [3.05, 3.63) is 0 Å². The first-order valence-electron chi connectivity index (χ1n) is 40.9. The number of hydrogen-bond acceptors (Lipinski definition) is 15. The number of carbonyl (C=O) groups excluding carboxylic acids is 4. The zero-order valence-electron chi connectivity index (χ0n) is 64.3. The normalized spacial score (nSPS) is 14.6. The Kier molecular flexibility index (Phi) is 68.1. The van der Waals surface area contributed by atoms with Gasteiger partial charge in [-0.05, 0) is 43.4 Å². The molecule has 0 saturated carbocycles. The van der Waals surface area contributed by atoms with Gasteiger partial charge in [0.05, 0.1) is 26.4 Å². The van der Waals surface area contributed by atoms with Gasteiger partial charge in [-0.25, -0.2) is 9.13 Å². The van der Waals surface area contributed by atoms with Crippen molar-refractivity contribution in [1.82, 2.24) is 0 Å². The maximum Gasteiger partial charge on any atom is 0.472 e. The minimum atomic E-state index is -4.96. The fraction of sp³-hybridized carbons (Fsp3) is 0.949. The van der Waals surface area contributed by atoms with Gasteiger partial charge in [-0.3, -0.25) is 37.3 Å². The van der Waals surface area contributed by atoms with E-state index in [-0.39, 0.29) is 25.7 Å². The summed E-state index contributed by atoms with van der Waals surface area (Å²) in [4.78, 5) is 72.5. The third-order valence-electron chi connectivity index (χ3n) is 19.1.